The molecule has 0 radical (unpaired) electrons. The first-order chi connectivity index (χ1) is 17.8. The molecule has 5 aliphatic rings. The average Bonchev–Trinajstić information content (AvgIpc) is 3.12. The van der Waals surface area contributed by atoms with Crippen LogP contribution in [0.1, 0.15) is 49.7 Å². The molecule has 37 heavy (non-hydrogen) atoms. The van der Waals surface area contributed by atoms with Crippen LogP contribution in [0.4, 0.5) is 0 Å². The van der Waals surface area contributed by atoms with E-state index in [1.54, 1.807) is 18.1 Å². The monoisotopic (exact) mass is 597 g/mol. The second-order valence-electron chi connectivity index (χ2n) is 10.9. The zero-order valence-electron chi connectivity index (χ0n) is 20.6. The fourth-order valence-corrected chi connectivity index (χ4v) is 8.83. The molecule has 5 fully saturated rings. The third-order valence-corrected chi connectivity index (χ3v) is 10.2. The minimum atomic E-state index is -0.356. The molecule has 0 atom stereocenters. The predicted molar refractivity (Wildman–Crippen MR) is 152 cm³/mol. The molecular weight excluding hydrogens is 570 g/mol. The zero-order valence-corrected chi connectivity index (χ0v) is 23.8. The summed E-state index contributed by atoms with van der Waals surface area (Å²) in [5.41, 5.74) is 1.43. The largest absolute Gasteiger partial charge is 0.493 e. The van der Waals surface area contributed by atoms with Crippen molar-refractivity contribution in [2.24, 2.45) is 23.2 Å². The molecular formula is C29H28BrNO4S2. The summed E-state index contributed by atoms with van der Waals surface area (Å²) in [6.07, 6.45) is 8.45. The molecule has 2 aromatic carbocycles. The van der Waals surface area contributed by atoms with Crippen molar-refractivity contribution in [1.29, 1.82) is 0 Å². The van der Waals surface area contributed by atoms with Crippen molar-refractivity contribution in [1.82, 2.24) is 4.90 Å². The fourth-order valence-electron chi connectivity index (χ4n) is 7.04. The lowest BCUT2D eigenvalue weighted by Gasteiger charge is -2.55. The highest BCUT2D eigenvalue weighted by Gasteiger charge is 2.55. The van der Waals surface area contributed by atoms with Crippen LogP contribution in [0.5, 0.6) is 11.5 Å². The van der Waals surface area contributed by atoms with Crippen molar-refractivity contribution in [3.63, 3.8) is 0 Å². The molecule has 7 rings (SSSR count). The SMILES string of the molecule is COc1cc(/C=C2/SC(=S)N(Cc3ccccc3)C2=O)cc(Br)c1OC(=O)C12CC3CC(CC(C3)C1)C2. The minimum absolute atomic E-state index is 0.119. The number of halogens is 1. The number of methoxy groups -OCH3 is 1. The lowest BCUT2D eigenvalue weighted by atomic mass is 9.49. The van der Waals surface area contributed by atoms with Gasteiger partial charge in [0, 0.05) is 0 Å². The van der Waals surface area contributed by atoms with Crippen LogP contribution < -0.4 is 9.47 Å². The number of hydrogen-bond donors (Lipinski definition) is 0. The molecule has 1 heterocycles. The van der Waals surface area contributed by atoms with Crippen LogP contribution in [0.15, 0.2) is 51.8 Å². The fraction of sp³-hybridized carbons (Fsp3) is 0.414. The van der Waals surface area contributed by atoms with Gasteiger partial charge in [0.1, 0.15) is 4.32 Å². The zero-order chi connectivity index (χ0) is 25.7. The van der Waals surface area contributed by atoms with E-state index in [2.05, 4.69) is 15.9 Å². The summed E-state index contributed by atoms with van der Waals surface area (Å²) in [5, 5.41) is 0. The molecule has 0 unspecified atom stereocenters. The maximum absolute atomic E-state index is 13.5. The van der Waals surface area contributed by atoms with Crippen LogP contribution in [0.25, 0.3) is 6.08 Å². The van der Waals surface area contributed by atoms with Crippen molar-refractivity contribution in [2.45, 2.75) is 45.1 Å². The number of carbonyl (C=O) groups excluding carboxylic acids is 2. The highest BCUT2D eigenvalue weighted by Crippen LogP contribution is 2.60. The molecule has 0 spiro atoms. The van der Waals surface area contributed by atoms with Crippen LogP contribution in [0.2, 0.25) is 0 Å². The second kappa shape index (κ2) is 9.86. The lowest BCUT2D eigenvalue weighted by molar-refractivity contribution is -0.161. The Bertz CT molecular complexity index is 1270. The first kappa shape index (κ1) is 25.1. The Balaban J connectivity index is 1.22. The van der Waals surface area contributed by atoms with Crippen LogP contribution in [0.3, 0.4) is 0 Å². The molecule has 8 heteroatoms. The molecule has 1 saturated heterocycles. The van der Waals surface area contributed by atoms with Gasteiger partial charge in [-0.3, -0.25) is 14.5 Å². The Labute approximate surface area is 235 Å². The van der Waals surface area contributed by atoms with Crippen LogP contribution in [0, 0.1) is 23.2 Å². The third kappa shape index (κ3) is 4.77. The van der Waals surface area contributed by atoms with E-state index < -0.39 is 0 Å². The van der Waals surface area contributed by atoms with Gasteiger partial charge >= 0.3 is 5.97 Å². The Morgan fingerprint density at radius 3 is 2.41 bits per heavy atom. The molecule has 4 bridgehead atoms. The molecule has 2 aromatic rings. The van der Waals surface area contributed by atoms with Crippen molar-refractivity contribution in [3.8, 4) is 11.5 Å². The van der Waals surface area contributed by atoms with Gasteiger partial charge in [0.25, 0.3) is 5.91 Å². The van der Waals surface area contributed by atoms with Crippen LogP contribution in [-0.2, 0) is 16.1 Å². The number of nitrogens with zero attached hydrogens (tertiary/aromatic N) is 1. The minimum Gasteiger partial charge on any atom is -0.493 e. The summed E-state index contributed by atoms with van der Waals surface area (Å²) in [4.78, 5) is 28.8. The van der Waals surface area contributed by atoms with E-state index in [1.807, 2.05) is 42.5 Å². The smallest absolute Gasteiger partial charge is 0.317 e. The number of ether oxygens (including phenoxy) is 2. The van der Waals surface area contributed by atoms with E-state index in [0.717, 1.165) is 30.4 Å². The average molecular weight is 599 g/mol. The first-order valence-corrected chi connectivity index (χ1v) is 14.7. The topological polar surface area (TPSA) is 55.8 Å². The number of carbonyl (C=O) groups is 2. The van der Waals surface area contributed by atoms with E-state index in [0.29, 0.717) is 49.5 Å². The summed E-state index contributed by atoms with van der Waals surface area (Å²) in [6.45, 7) is 0.440. The van der Waals surface area contributed by atoms with E-state index in [9.17, 15) is 9.59 Å². The molecule has 1 aliphatic heterocycles. The Morgan fingerprint density at radius 1 is 1.14 bits per heavy atom. The standard InChI is InChI=1S/C29H28BrNO4S2/c1-34-23-11-18(12-24-26(32)31(28(36)37-24)16-17-5-3-2-4-6-17)10-22(30)25(23)35-27(33)29-13-19-7-20(14-29)9-21(8-19)15-29/h2-6,10-12,19-21H,7-9,13-16H2,1H3/b24-12+. The van der Waals surface area contributed by atoms with Crippen molar-refractivity contribution < 1.29 is 19.1 Å². The molecule has 4 saturated carbocycles. The van der Waals surface area contributed by atoms with Crippen molar-refractivity contribution in [3.05, 3.63) is 63.0 Å². The Hall–Kier alpha value is -2.16. The van der Waals surface area contributed by atoms with E-state index in [-0.39, 0.29) is 17.3 Å². The Morgan fingerprint density at radius 2 is 1.78 bits per heavy atom. The molecule has 1 amide bonds. The number of hydrogen-bond acceptors (Lipinski definition) is 6. The van der Waals surface area contributed by atoms with Gasteiger partial charge in [0.2, 0.25) is 0 Å². The molecule has 192 valence electrons. The number of thiocarbonyl (C=S) groups is 1. The van der Waals surface area contributed by atoms with Gasteiger partial charge in [-0.15, -0.1) is 0 Å². The van der Waals surface area contributed by atoms with Crippen molar-refractivity contribution >= 4 is 62.2 Å². The van der Waals surface area contributed by atoms with Gasteiger partial charge in [-0.1, -0.05) is 54.3 Å². The van der Waals surface area contributed by atoms with E-state index in [4.69, 9.17) is 21.7 Å². The third-order valence-electron chi connectivity index (χ3n) is 8.27. The summed E-state index contributed by atoms with van der Waals surface area (Å²) in [5.74, 6) is 2.59. The predicted octanol–water partition coefficient (Wildman–Crippen LogP) is 6.98. The van der Waals surface area contributed by atoms with E-state index in [1.165, 1.54) is 31.0 Å². The lowest BCUT2D eigenvalue weighted by Crippen LogP contribution is -2.51. The van der Waals surface area contributed by atoms with Crippen LogP contribution in [-0.4, -0.2) is 28.2 Å². The van der Waals surface area contributed by atoms with Gasteiger partial charge in [-0.05, 0) is 102 Å². The first-order valence-electron chi connectivity index (χ1n) is 12.7. The number of amides is 1. The second-order valence-corrected chi connectivity index (χ2v) is 13.4. The van der Waals surface area contributed by atoms with Crippen LogP contribution >= 0.6 is 39.9 Å². The number of esters is 1. The van der Waals surface area contributed by atoms with Gasteiger partial charge in [-0.25, -0.2) is 0 Å². The van der Waals surface area contributed by atoms with Gasteiger partial charge in [-0.2, -0.15) is 0 Å². The highest BCUT2D eigenvalue weighted by atomic mass is 79.9. The highest BCUT2D eigenvalue weighted by molar-refractivity contribution is 9.10. The molecule has 5 nitrogen and oxygen atoms in total. The van der Waals surface area contributed by atoms with Gasteiger partial charge in [0.05, 0.1) is 28.4 Å². The molecule has 0 aromatic heterocycles. The maximum atomic E-state index is 13.5. The summed E-state index contributed by atoms with van der Waals surface area (Å²) in [7, 11) is 1.56. The normalized spacial score (nSPS) is 29.3. The quantitative estimate of drug-likeness (QED) is 0.155. The molecule has 0 N–H and O–H groups in total. The maximum Gasteiger partial charge on any atom is 0.317 e. The number of benzene rings is 2. The molecule has 4 aliphatic carbocycles. The summed E-state index contributed by atoms with van der Waals surface area (Å²) in [6, 6.07) is 13.5. The number of rotatable bonds is 6. The van der Waals surface area contributed by atoms with Gasteiger partial charge in [0.15, 0.2) is 11.5 Å². The summed E-state index contributed by atoms with van der Waals surface area (Å²) >= 11 is 10.4. The van der Waals surface area contributed by atoms with Gasteiger partial charge < -0.3 is 9.47 Å². The van der Waals surface area contributed by atoms with E-state index >= 15 is 0 Å². The van der Waals surface area contributed by atoms with Crippen molar-refractivity contribution in [2.75, 3.05) is 7.11 Å². The number of thioether (sulfide) groups is 1. The Kier molecular flexibility index (Phi) is 6.70. The summed E-state index contributed by atoms with van der Waals surface area (Å²) < 4.78 is 12.9.